The molecule has 6 aliphatic heterocycles. The Kier molecular flexibility index (Phi) is 5.57. The zero-order chi connectivity index (χ0) is 31.5. The van der Waals surface area contributed by atoms with Crippen LogP contribution in [0.3, 0.4) is 0 Å². The average Bonchev–Trinajstić information content (AvgIpc) is 3.76. The molecule has 6 heterocycles. The second-order valence-electron chi connectivity index (χ2n) is 14.0. The molecule has 0 aliphatic carbocycles. The minimum atomic E-state index is -0.835. The zero-order valence-electron chi connectivity index (χ0n) is 25.7. The molecule has 10 nitrogen and oxygen atoms in total. The fourth-order valence-electron chi connectivity index (χ4n) is 9.81. The summed E-state index contributed by atoms with van der Waals surface area (Å²) in [7, 11) is 0. The fourth-order valence-corrected chi connectivity index (χ4v) is 9.81. The van der Waals surface area contributed by atoms with Crippen LogP contribution < -0.4 is 21.3 Å². The third-order valence-electron chi connectivity index (χ3n) is 11.6. The summed E-state index contributed by atoms with van der Waals surface area (Å²) in [6, 6.07) is 23.2. The molecule has 0 unspecified atom stereocenters. The molecule has 0 bridgehead atoms. The van der Waals surface area contributed by atoms with Crippen molar-refractivity contribution in [3.05, 3.63) is 95.6 Å². The Morgan fingerprint density at radius 3 is 1.72 bits per heavy atom. The maximum Gasteiger partial charge on any atom is 0.247 e. The number of rotatable bonds is 4. The Balaban J connectivity index is 1.24. The number of nitrogens with one attached hydrogen (secondary N) is 4. The lowest BCUT2D eigenvalue weighted by Gasteiger charge is -2.48. The zero-order valence-corrected chi connectivity index (χ0v) is 25.7. The molecule has 0 radical (unpaired) electrons. The standard InChI is InChI=1S/C36H36N6O4/c1-19(2)28-32(46)42-27(30(44)40-28)18-36(22-13-7-9-15-24(22)39-34(36)42)35-17-26-29(43)37-25(16-20-10-4-3-5-11-20)31(45)41(26)33(35)38-23-14-8-6-12-21(23)35/h3-15,19,25-28,33-34,38-39H,16-18H2,1-2H3,(H,37,43)(H,40,44)/t25-,26-,27-,28-,33+,34+,35-,36-/m0/s1. The number of hydrogen-bond donors (Lipinski definition) is 4. The van der Waals surface area contributed by atoms with Gasteiger partial charge in [0.25, 0.3) is 0 Å². The van der Waals surface area contributed by atoms with Crippen LogP contribution >= 0.6 is 0 Å². The Hall–Kier alpha value is -4.86. The summed E-state index contributed by atoms with van der Waals surface area (Å²) in [6.07, 6.45) is -0.0122. The van der Waals surface area contributed by atoms with Gasteiger partial charge in [-0.15, -0.1) is 0 Å². The number of hydrogen-bond acceptors (Lipinski definition) is 6. The molecule has 46 heavy (non-hydrogen) atoms. The Morgan fingerprint density at radius 1 is 0.652 bits per heavy atom. The highest BCUT2D eigenvalue weighted by Gasteiger charge is 2.78. The van der Waals surface area contributed by atoms with E-state index in [4.69, 9.17) is 0 Å². The fraction of sp³-hybridized carbons (Fsp3) is 0.389. The van der Waals surface area contributed by atoms with E-state index >= 15 is 0 Å². The SMILES string of the molecule is CC(C)[C@@H]1NC(=O)[C@@H]2C[C@]3([C@]45C[C@H]6C(=O)N[C@@H](Cc7ccccc7)C(=O)N6[C@H]4Nc4ccccc45)c4ccccc4N[C@@H]3N2C1=O. The number of nitrogens with zero attached hydrogens (tertiary/aromatic N) is 2. The lowest BCUT2D eigenvalue weighted by molar-refractivity contribution is -0.150. The van der Waals surface area contributed by atoms with Crippen LogP contribution in [0.4, 0.5) is 11.4 Å². The van der Waals surface area contributed by atoms with Crippen molar-refractivity contribution in [2.75, 3.05) is 10.6 Å². The van der Waals surface area contributed by atoms with Crippen LogP contribution in [0.25, 0.3) is 0 Å². The normalized spacial score (nSPS) is 34.9. The van der Waals surface area contributed by atoms with E-state index in [9.17, 15) is 19.2 Å². The lowest BCUT2D eigenvalue weighted by Crippen LogP contribution is -2.67. The number of amides is 4. The molecular weight excluding hydrogens is 580 g/mol. The van der Waals surface area contributed by atoms with E-state index in [1.165, 1.54) is 0 Å². The third kappa shape index (κ3) is 3.26. The van der Waals surface area contributed by atoms with Crippen LogP contribution in [-0.4, -0.2) is 69.9 Å². The Morgan fingerprint density at radius 2 is 1.15 bits per heavy atom. The first-order valence-electron chi connectivity index (χ1n) is 16.3. The van der Waals surface area contributed by atoms with Gasteiger partial charge in [0.2, 0.25) is 23.6 Å². The maximum atomic E-state index is 14.5. The first-order valence-corrected chi connectivity index (χ1v) is 16.3. The Bertz CT molecular complexity index is 1830. The summed E-state index contributed by atoms with van der Waals surface area (Å²) in [4.78, 5) is 60.3. The van der Waals surface area contributed by atoms with Crippen molar-refractivity contribution in [3.8, 4) is 0 Å². The van der Waals surface area contributed by atoms with Gasteiger partial charge in [-0.3, -0.25) is 19.2 Å². The largest absolute Gasteiger partial charge is 0.364 e. The van der Waals surface area contributed by atoms with Crippen molar-refractivity contribution in [1.82, 2.24) is 20.4 Å². The quantitative estimate of drug-likeness (QED) is 0.357. The molecule has 9 rings (SSSR count). The monoisotopic (exact) mass is 616 g/mol. The molecule has 10 heteroatoms. The highest BCUT2D eigenvalue weighted by atomic mass is 16.2. The summed E-state index contributed by atoms with van der Waals surface area (Å²) in [6.45, 7) is 3.89. The van der Waals surface area contributed by atoms with Crippen molar-refractivity contribution in [2.45, 2.75) is 80.4 Å². The smallest absolute Gasteiger partial charge is 0.247 e. The molecular formula is C36H36N6O4. The molecule has 234 valence electrons. The van der Waals surface area contributed by atoms with Crippen LogP contribution in [0, 0.1) is 5.92 Å². The molecule has 8 atom stereocenters. The van der Waals surface area contributed by atoms with Crippen LogP contribution in [0.5, 0.6) is 0 Å². The van der Waals surface area contributed by atoms with E-state index in [0.29, 0.717) is 19.3 Å². The molecule has 0 spiro atoms. The predicted molar refractivity (Wildman–Crippen MR) is 170 cm³/mol. The molecule has 3 aromatic rings. The minimum Gasteiger partial charge on any atom is -0.364 e. The van der Waals surface area contributed by atoms with Crippen molar-refractivity contribution < 1.29 is 19.2 Å². The van der Waals surface area contributed by atoms with E-state index < -0.39 is 47.3 Å². The summed E-state index contributed by atoms with van der Waals surface area (Å²) >= 11 is 0. The van der Waals surface area contributed by atoms with Gasteiger partial charge in [0.05, 0.1) is 10.8 Å². The number of carbonyl (C=O) groups excluding carboxylic acids is 4. The first-order chi connectivity index (χ1) is 22.3. The Labute approximate surface area is 266 Å². The van der Waals surface area contributed by atoms with Crippen molar-refractivity contribution in [1.29, 1.82) is 0 Å². The van der Waals surface area contributed by atoms with E-state index in [2.05, 4.69) is 33.4 Å². The second kappa shape index (κ2) is 9.34. The molecule has 4 saturated heterocycles. The summed E-state index contributed by atoms with van der Waals surface area (Å²) in [5.74, 6) is -0.654. The van der Waals surface area contributed by atoms with Crippen LogP contribution in [0.15, 0.2) is 78.9 Å². The van der Waals surface area contributed by atoms with E-state index in [0.717, 1.165) is 28.1 Å². The van der Waals surface area contributed by atoms with Crippen LogP contribution in [0.2, 0.25) is 0 Å². The molecule has 6 aliphatic rings. The van der Waals surface area contributed by atoms with Gasteiger partial charge >= 0.3 is 0 Å². The van der Waals surface area contributed by atoms with Crippen LogP contribution in [0.1, 0.15) is 43.4 Å². The van der Waals surface area contributed by atoms with E-state index in [1.54, 1.807) is 9.80 Å². The number of benzene rings is 3. The predicted octanol–water partition coefficient (Wildman–Crippen LogP) is 2.46. The molecule has 3 aromatic carbocycles. The second-order valence-corrected chi connectivity index (χ2v) is 14.0. The van der Waals surface area contributed by atoms with Gasteiger partial charge in [-0.25, -0.2) is 0 Å². The number of piperazine rings is 2. The summed E-state index contributed by atoms with van der Waals surface area (Å²) in [5, 5.41) is 13.5. The molecule has 0 saturated carbocycles. The number of carbonyl (C=O) groups is 4. The lowest BCUT2D eigenvalue weighted by atomic mass is 9.54. The van der Waals surface area contributed by atoms with Gasteiger partial charge in [0.15, 0.2) is 0 Å². The number of anilines is 2. The molecule has 4 N–H and O–H groups in total. The van der Waals surface area contributed by atoms with Crippen molar-refractivity contribution >= 4 is 35.0 Å². The maximum absolute atomic E-state index is 14.5. The van der Waals surface area contributed by atoms with Gasteiger partial charge in [-0.2, -0.15) is 0 Å². The summed E-state index contributed by atoms with van der Waals surface area (Å²) in [5.41, 5.74) is 3.13. The highest BCUT2D eigenvalue weighted by Crippen LogP contribution is 2.68. The molecule has 4 amide bonds. The minimum absolute atomic E-state index is 0.0840. The number of fused-ring (bicyclic) bond motifs is 11. The van der Waals surface area contributed by atoms with Gasteiger partial charge in [0.1, 0.15) is 36.5 Å². The van der Waals surface area contributed by atoms with Crippen molar-refractivity contribution in [3.63, 3.8) is 0 Å². The van der Waals surface area contributed by atoms with Crippen molar-refractivity contribution in [2.24, 2.45) is 5.92 Å². The average molecular weight is 617 g/mol. The van der Waals surface area contributed by atoms with Gasteiger partial charge in [-0.1, -0.05) is 80.6 Å². The van der Waals surface area contributed by atoms with E-state index in [-0.39, 0.29) is 29.5 Å². The molecule has 0 aromatic heterocycles. The van der Waals surface area contributed by atoms with Gasteiger partial charge in [0, 0.05) is 17.8 Å². The van der Waals surface area contributed by atoms with Gasteiger partial charge in [-0.05, 0) is 47.6 Å². The highest BCUT2D eigenvalue weighted by molar-refractivity contribution is 6.01. The topological polar surface area (TPSA) is 123 Å². The van der Waals surface area contributed by atoms with E-state index in [1.807, 2.05) is 80.6 Å². The third-order valence-corrected chi connectivity index (χ3v) is 11.6. The van der Waals surface area contributed by atoms with Crippen LogP contribution in [-0.2, 0) is 36.4 Å². The number of para-hydroxylation sites is 2. The first kappa shape index (κ1) is 27.5. The van der Waals surface area contributed by atoms with Gasteiger partial charge < -0.3 is 31.1 Å². The molecule has 4 fully saturated rings. The summed E-state index contributed by atoms with van der Waals surface area (Å²) < 4.78 is 0.